The third-order valence-corrected chi connectivity index (χ3v) is 4.27. The molecule has 2 N–H and O–H groups in total. The number of hydrogen-bond donors (Lipinski definition) is 1. The molecular weight excluding hydrogens is 290 g/mol. The average Bonchev–Trinajstić information content (AvgIpc) is 2.55. The van der Waals surface area contributed by atoms with Crippen molar-refractivity contribution in [2.45, 2.75) is 33.2 Å². The lowest BCUT2D eigenvalue weighted by atomic mass is 10.1. The van der Waals surface area contributed by atoms with Gasteiger partial charge in [-0.2, -0.15) is 5.26 Å². The maximum absolute atomic E-state index is 12.8. The minimum atomic E-state index is -0.192. The highest BCUT2D eigenvalue weighted by molar-refractivity contribution is 5.77. The molecule has 0 aliphatic heterocycles. The summed E-state index contributed by atoms with van der Waals surface area (Å²) in [5.41, 5.74) is 8.30. The van der Waals surface area contributed by atoms with E-state index in [2.05, 4.69) is 11.1 Å². The van der Waals surface area contributed by atoms with E-state index in [-0.39, 0.29) is 11.6 Å². The molecule has 6 heteroatoms. The lowest BCUT2D eigenvalue weighted by Gasteiger charge is -2.14. The van der Waals surface area contributed by atoms with Crippen molar-refractivity contribution in [1.82, 2.24) is 9.38 Å². The molecule has 23 heavy (non-hydrogen) atoms. The van der Waals surface area contributed by atoms with Crippen LogP contribution in [0.3, 0.4) is 0 Å². The number of aryl methyl sites for hydroxylation is 1. The van der Waals surface area contributed by atoms with E-state index < -0.39 is 0 Å². The molecule has 3 rings (SSSR count). The Morgan fingerprint density at radius 2 is 2.26 bits per heavy atom. The van der Waals surface area contributed by atoms with E-state index in [1.54, 1.807) is 10.8 Å². The Balaban J connectivity index is 2.61. The smallest absolute Gasteiger partial charge is 0.278 e. The number of nitriles is 1. The van der Waals surface area contributed by atoms with Crippen molar-refractivity contribution in [2.24, 2.45) is 0 Å². The van der Waals surface area contributed by atoms with E-state index >= 15 is 0 Å². The van der Waals surface area contributed by atoms with Gasteiger partial charge >= 0.3 is 0 Å². The van der Waals surface area contributed by atoms with Gasteiger partial charge in [-0.1, -0.05) is 18.0 Å². The van der Waals surface area contributed by atoms with Crippen LogP contribution in [0.1, 0.15) is 37.4 Å². The number of nitrogens with two attached hydrogens (primary N) is 1. The zero-order chi connectivity index (χ0) is 16.7. The van der Waals surface area contributed by atoms with Crippen molar-refractivity contribution in [2.75, 3.05) is 5.73 Å². The van der Waals surface area contributed by atoms with Crippen molar-refractivity contribution in [3.05, 3.63) is 45.9 Å². The van der Waals surface area contributed by atoms with Crippen LogP contribution in [-0.2, 0) is 0 Å². The number of fused-ring (bicyclic) bond motifs is 2. The molecule has 0 spiro atoms. The zero-order valence-electron chi connectivity index (χ0n) is 13.4. The average molecular weight is 308 g/mol. The molecule has 1 unspecified atom stereocenters. The van der Waals surface area contributed by atoms with Crippen LogP contribution in [0.4, 0.5) is 5.82 Å². The van der Waals surface area contributed by atoms with Gasteiger partial charge in [0.2, 0.25) is 11.5 Å². The number of hydrogen-bond acceptors (Lipinski definition) is 4. The molecule has 3 aromatic heterocycles. The summed E-state index contributed by atoms with van der Waals surface area (Å²) in [4.78, 5) is 17.5. The van der Waals surface area contributed by atoms with Crippen LogP contribution < -0.4 is 15.9 Å². The summed E-state index contributed by atoms with van der Waals surface area (Å²) in [7, 11) is 0. The minimum absolute atomic E-state index is 0.0316. The molecule has 0 aromatic carbocycles. The van der Waals surface area contributed by atoms with Crippen LogP contribution in [0, 0.1) is 18.3 Å². The molecule has 0 radical (unpaired) electrons. The quantitative estimate of drug-likeness (QED) is 0.578. The van der Waals surface area contributed by atoms with E-state index in [0.717, 1.165) is 12.0 Å². The fourth-order valence-electron chi connectivity index (χ4n) is 2.79. The van der Waals surface area contributed by atoms with Crippen molar-refractivity contribution < 1.29 is 4.57 Å². The summed E-state index contributed by atoms with van der Waals surface area (Å²) in [6.45, 7) is 5.94. The van der Waals surface area contributed by atoms with Crippen LogP contribution in [0.15, 0.2) is 29.2 Å². The number of rotatable bonds is 2. The van der Waals surface area contributed by atoms with E-state index in [1.807, 2.05) is 32.9 Å². The number of nitrogens with zero attached hydrogens (tertiary/aromatic N) is 4. The predicted octanol–water partition coefficient (Wildman–Crippen LogP) is 1.87. The maximum Gasteiger partial charge on any atom is 0.278 e. The molecule has 3 heterocycles. The topological polar surface area (TPSA) is 88.1 Å². The number of anilines is 1. The number of pyridine rings is 2. The second-order valence-electron chi connectivity index (χ2n) is 5.72. The van der Waals surface area contributed by atoms with Crippen LogP contribution in [0.25, 0.3) is 16.7 Å². The van der Waals surface area contributed by atoms with Gasteiger partial charge in [-0.05, 0) is 32.4 Å². The maximum atomic E-state index is 12.8. The summed E-state index contributed by atoms with van der Waals surface area (Å²) in [5.74, 6) is 0.346. The van der Waals surface area contributed by atoms with Crippen LogP contribution in [0.5, 0.6) is 0 Å². The molecule has 0 saturated carbocycles. The minimum Gasteiger partial charge on any atom is -0.317 e. The summed E-state index contributed by atoms with van der Waals surface area (Å²) in [5, 5.41) is 9.73. The first-order chi connectivity index (χ1) is 11.0. The van der Waals surface area contributed by atoms with Gasteiger partial charge in [0.25, 0.3) is 11.2 Å². The van der Waals surface area contributed by atoms with Gasteiger partial charge in [0, 0.05) is 11.8 Å². The van der Waals surface area contributed by atoms with E-state index in [9.17, 15) is 10.1 Å². The molecule has 3 aromatic rings. The molecule has 0 bridgehead atoms. The molecule has 0 amide bonds. The molecule has 1 atom stereocenters. The van der Waals surface area contributed by atoms with Crippen molar-refractivity contribution in [3.63, 3.8) is 0 Å². The van der Waals surface area contributed by atoms with Crippen LogP contribution >= 0.6 is 0 Å². The fraction of sp³-hybridized carbons (Fsp3) is 0.294. The molecule has 0 aliphatic carbocycles. The fourth-order valence-corrected chi connectivity index (χ4v) is 2.79. The van der Waals surface area contributed by atoms with Crippen LogP contribution in [0.2, 0.25) is 0 Å². The van der Waals surface area contributed by atoms with Crippen LogP contribution in [-0.4, -0.2) is 9.38 Å². The number of nitrogen functional groups attached to an aromatic ring is 1. The Morgan fingerprint density at radius 1 is 1.52 bits per heavy atom. The SMILES string of the molecule is CCC(C)[n+]1c(N)c(C#N)cc2c(=O)n3cccc(C)c3nc21. The standard InChI is InChI=1S/C17H17N5O/c1-4-11(3)22-14(19)12(9-18)8-13-16(22)20-15-10(2)6-5-7-21(15)17(13)23/h5-8,11,19H,4H2,1-3H3/p+1. The monoisotopic (exact) mass is 308 g/mol. The van der Waals surface area contributed by atoms with Gasteiger partial charge in [0.15, 0.2) is 0 Å². The second-order valence-corrected chi connectivity index (χ2v) is 5.72. The van der Waals surface area contributed by atoms with E-state index in [1.165, 1.54) is 10.5 Å². The molecule has 116 valence electrons. The summed E-state index contributed by atoms with van der Waals surface area (Å²) >= 11 is 0. The summed E-state index contributed by atoms with van der Waals surface area (Å²) < 4.78 is 3.30. The van der Waals surface area contributed by atoms with Gasteiger partial charge in [-0.15, -0.1) is 0 Å². The lowest BCUT2D eigenvalue weighted by Crippen LogP contribution is -2.44. The van der Waals surface area contributed by atoms with Crippen molar-refractivity contribution in [3.8, 4) is 6.07 Å². The highest BCUT2D eigenvalue weighted by atomic mass is 16.1. The Labute approximate surface area is 133 Å². The first-order valence-corrected chi connectivity index (χ1v) is 7.55. The molecular formula is C17H18N5O+. The molecule has 0 fully saturated rings. The third-order valence-electron chi connectivity index (χ3n) is 4.27. The number of aromatic nitrogens is 3. The first kappa shape index (κ1) is 15.0. The predicted molar refractivity (Wildman–Crippen MR) is 88.0 cm³/mol. The molecule has 6 nitrogen and oxygen atoms in total. The van der Waals surface area contributed by atoms with E-state index in [4.69, 9.17) is 5.73 Å². The Hall–Kier alpha value is -2.94. The van der Waals surface area contributed by atoms with Gasteiger partial charge < -0.3 is 5.73 Å². The van der Waals surface area contributed by atoms with Gasteiger partial charge in [-0.25, -0.2) is 4.57 Å². The Kier molecular flexibility index (Phi) is 3.49. The van der Waals surface area contributed by atoms with Crippen molar-refractivity contribution in [1.29, 1.82) is 5.26 Å². The third kappa shape index (κ3) is 2.13. The first-order valence-electron chi connectivity index (χ1n) is 7.55. The highest BCUT2D eigenvalue weighted by Gasteiger charge is 2.24. The lowest BCUT2D eigenvalue weighted by molar-refractivity contribution is -0.683. The molecule has 0 aliphatic rings. The summed E-state index contributed by atoms with van der Waals surface area (Å²) in [6.07, 6.45) is 2.50. The zero-order valence-corrected chi connectivity index (χ0v) is 13.4. The van der Waals surface area contributed by atoms with Crippen molar-refractivity contribution >= 4 is 22.5 Å². The normalized spacial score (nSPS) is 12.4. The Bertz CT molecular complexity index is 1030. The summed E-state index contributed by atoms with van der Waals surface area (Å²) in [6, 6.07) is 7.36. The van der Waals surface area contributed by atoms with E-state index in [0.29, 0.717) is 28.1 Å². The van der Waals surface area contributed by atoms with Gasteiger partial charge in [0.05, 0.1) is 6.04 Å². The highest BCUT2D eigenvalue weighted by Crippen LogP contribution is 2.18. The Morgan fingerprint density at radius 3 is 2.91 bits per heavy atom. The molecule has 0 saturated heterocycles. The second kappa shape index (κ2) is 5.36. The largest absolute Gasteiger partial charge is 0.317 e. The van der Waals surface area contributed by atoms with Gasteiger partial charge in [-0.3, -0.25) is 9.20 Å². The van der Waals surface area contributed by atoms with Gasteiger partial charge in [0.1, 0.15) is 17.0 Å².